The number of nitrogens with one attached hydrogen (secondary N) is 2. The second kappa shape index (κ2) is 4.83. The lowest BCUT2D eigenvalue weighted by Crippen LogP contribution is -1.92. The molecule has 96 valence electrons. The number of hydrogen-bond donors (Lipinski definition) is 2. The molecule has 19 heavy (non-hydrogen) atoms. The SMILES string of the molecule is Fc1ccc(Nc2nc3ccc(Br)cc3[nH]2)cc1Cl. The standard InChI is InChI=1S/C13H8BrClFN3/c14-7-1-4-11-12(5-7)19-13(18-11)17-8-2-3-10(16)9(15)6-8/h1-6H,(H2,17,18,19). The molecule has 1 heterocycles. The first-order valence-electron chi connectivity index (χ1n) is 5.49. The van der Waals surface area contributed by atoms with E-state index in [2.05, 4.69) is 31.2 Å². The molecule has 0 radical (unpaired) electrons. The van der Waals surface area contributed by atoms with E-state index in [0.717, 1.165) is 15.5 Å². The number of anilines is 2. The molecular weight excluding hydrogens is 333 g/mol. The third-order valence-electron chi connectivity index (χ3n) is 2.63. The molecule has 0 atom stereocenters. The van der Waals surface area contributed by atoms with E-state index in [9.17, 15) is 4.39 Å². The molecule has 0 saturated carbocycles. The number of halogens is 3. The highest BCUT2D eigenvalue weighted by Crippen LogP contribution is 2.24. The lowest BCUT2D eigenvalue weighted by Gasteiger charge is -2.03. The Morgan fingerprint density at radius 1 is 1.21 bits per heavy atom. The van der Waals surface area contributed by atoms with Crippen LogP contribution in [0.4, 0.5) is 16.0 Å². The molecule has 2 N–H and O–H groups in total. The quantitative estimate of drug-likeness (QED) is 0.699. The largest absolute Gasteiger partial charge is 0.326 e. The van der Waals surface area contributed by atoms with Gasteiger partial charge >= 0.3 is 0 Å². The lowest BCUT2D eigenvalue weighted by atomic mass is 10.3. The third-order valence-corrected chi connectivity index (χ3v) is 3.41. The van der Waals surface area contributed by atoms with Gasteiger partial charge in [-0.05, 0) is 36.4 Å². The third kappa shape index (κ3) is 2.57. The zero-order valence-electron chi connectivity index (χ0n) is 9.55. The Labute approximate surface area is 121 Å². The van der Waals surface area contributed by atoms with Crippen LogP contribution in [0.2, 0.25) is 5.02 Å². The summed E-state index contributed by atoms with van der Waals surface area (Å²) in [5.74, 6) is 0.136. The molecule has 0 aliphatic carbocycles. The number of aromatic amines is 1. The van der Waals surface area contributed by atoms with Crippen LogP contribution in [-0.4, -0.2) is 9.97 Å². The van der Waals surface area contributed by atoms with Gasteiger partial charge in [0.15, 0.2) is 0 Å². The fraction of sp³-hybridized carbons (Fsp3) is 0. The van der Waals surface area contributed by atoms with Crippen molar-refractivity contribution >= 4 is 50.2 Å². The summed E-state index contributed by atoms with van der Waals surface area (Å²) in [5, 5.41) is 3.12. The summed E-state index contributed by atoms with van der Waals surface area (Å²) in [6.07, 6.45) is 0. The fourth-order valence-corrected chi connectivity index (χ4v) is 2.29. The van der Waals surface area contributed by atoms with Crippen LogP contribution in [0.25, 0.3) is 11.0 Å². The minimum atomic E-state index is -0.444. The predicted molar refractivity (Wildman–Crippen MR) is 78.5 cm³/mol. The summed E-state index contributed by atoms with van der Waals surface area (Å²) < 4.78 is 14.0. The van der Waals surface area contributed by atoms with Crippen LogP contribution in [0, 0.1) is 5.82 Å². The Morgan fingerprint density at radius 3 is 2.84 bits per heavy atom. The van der Waals surface area contributed by atoms with Gasteiger partial charge < -0.3 is 10.3 Å². The van der Waals surface area contributed by atoms with E-state index in [4.69, 9.17) is 11.6 Å². The first-order valence-corrected chi connectivity index (χ1v) is 6.66. The molecular formula is C13H8BrClFN3. The van der Waals surface area contributed by atoms with Crippen LogP contribution >= 0.6 is 27.5 Å². The molecule has 0 bridgehead atoms. The average molecular weight is 341 g/mol. The minimum Gasteiger partial charge on any atom is -0.326 e. The highest BCUT2D eigenvalue weighted by Gasteiger charge is 2.05. The molecule has 0 aliphatic rings. The number of rotatable bonds is 2. The van der Waals surface area contributed by atoms with Gasteiger partial charge in [0.05, 0.1) is 16.1 Å². The van der Waals surface area contributed by atoms with Crippen molar-refractivity contribution in [2.45, 2.75) is 0 Å². The van der Waals surface area contributed by atoms with E-state index >= 15 is 0 Å². The monoisotopic (exact) mass is 339 g/mol. The maximum Gasteiger partial charge on any atom is 0.205 e. The number of imidazole rings is 1. The lowest BCUT2D eigenvalue weighted by molar-refractivity contribution is 0.628. The first-order chi connectivity index (χ1) is 9.11. The summed E-state index contributed by atoms with van der Waals surface area (Å²) in [4.78, 5) is 7.51. The van der Waals surface area contributed by atoms with Gasteiger partial charge in [0.1, 0.15) is 5.82 Å². The van der Waals surface area contributed by atoms with Crippen molar-refractivity contribution < 1.29 is 4.39 Å². The number of benzene rings is 2. The zero-order chi connectivity index (χ0) is 13.4. The molecule has 3 nitrogen and oxygen atoms in total. The van der Waals surface area contributed by atoms with Gasteiger partial charge in [0, 0.05) is 10.2 Å². The Balaban J connectivity index is 1.94. The van der Waals surface area contributed by atoms with Crippen LogP contribution in [0.5, 0.6) is 0 Å². The molecule has 0 saturated heterocycles. The number of fused-ring (bicyclic) bond motifs is 1. The van der Waals surface area contributed by atoms with Gasteiger partial charge in [0.25, 0.3) is 0 Å². The maximum absolute atomic E-state index is 13.1. The summed E-state index contributed by atoms with van der Waals surface area (Å²) in [7, 11) is 0. The maximum atomic E-state index is 13.1. The van der Waals surface area contributed by atoms with Crippen molar-refractivity contribution in [1.82, 2.24) is 9.97 Å². The summed E-state index contributed by atoms with van der Waals surface area (Å²) in [6.45, 7) is 0. The Kier molecular flexibility index (Phi) is 3.16. The van der Waals surface area contributed by atoms with Gasteiger partial charge in [-0.25, -0.2) is 9.37 Å². The van der Waals surface area contributed by atoms with Crippen LogP contribution in [0.15, 0.2) is 40.9 Å². The van der Waals surface area contributed by atoms with Gasteiger partial charge in [-0.2, -0.15) is 0 Å². The summed E-state index contributed by atoms with van der Waals surface area (Å²) in [6, 6.07) is 10.2. The summed E-state index contributed by atoms with van der Waals surface area (Å²) >= 11 is 9.13. The van der Waals surface area contributed by atoms with Crippen molar-refractivity contribution in [2.75, 3.05) is 5.32 Å². The molecule has 0 amide bonds. The normalized spacial score (nSPS) is 10.9. The highest BCUT2D eigenvalue weighted by molar-refractivity contribution is 9.10. The van der Waals surface area contributed by atoms with Crippen LogP contribution in [0.1, 0.15) is 0 Å². The van der Waals surface area contributed by atoms with E-state index in [0.29, 0.717) is 11.6 Å². The molecule has 0 spiro atoms. The fourth-order valence-electron chi connectivity index (χ4n) is 1.75. The number of hydrogen-bond acceptors (Lipinski definition) is 2. The first kappa shape index (κ1) is 12.4. The highest BCUT2D eigenvalue weighted by atomic mass is 79.9. The zero-order valence-corrected chi connectivity index (χ0v) is 11.9. The molecule has 0 fully saturated rings. The molecule has 3 aromatic rings. The predicted octanol–water partition coefficient (Wildman–Crippen LogP) is 4.86. The van der Waals surface area contributed by atoms with E-state index in [-0.39, 0.29) is 5.02 Å². The van der Waals surface area contributed by atoms with E-state index < -0.39 is 5.82 Å². The van der Waals surface area contributed by atoms with Gasteiger partial charge in [0.2, 0.25) is 5.95 Å². The van der Waals surface area contributed by atoms with Crippen LogP contribution in [0.3, 0.4) is 0 Å². The van der Waals surface area contributed by atoms with Gasteiger partial charge in [-0.1, -0.05) is 27.5 Å². The number of nitrogens with zero attached hydrogens (tertiary/aromatic N) is 1. The smallest absolute Gasteiger partial charge is 0.205 e. The van der Waals surface area contributed by atoms with Crippen molar-refractivity contribution in [2.24, 2.45) is 0 Å². The van der Waals surface area contributed by atoms with Crippen molar-refractivity contribution in [3.8, 4) is 0 Å². The number of aromatic nitrogens is 2. The van der Waals surface area contributed by atoms with E-state index in [1.807, 2.05) is 18.2 Å². The molecule has 6 heteroatoms. The Bertz CT molecular complexity index is 757. The topological polar surface area (TPSA) is 40.7 Å². The van der Waals surface area contributed by atoms with E-state index in [1.165, 1.54) is 12.1 Å². The van der Waals surface area contributed by atoms with Crippen molar-refractivity contribution in [3.05, 3.63) is 51.7 Å². The molecule has 3 rings (SSSR count). The number of H-pyrrole nitrogens is 1. The Hall–Kier alpha value is -1.59. The summed E-state index contributed by atoms with van der Waals surface area (Å²) in [5.41, 5.74) is 2.42. The van der Waals surface area contributed by atoms with Crippen LogP contribution < -0.4 is 5.32 Å². The molecule has 1 aromatic heterocycles. The minimum absolute atomic E-state index is 0.0730. The molecule has 2 aromatic carbocycles. The second-order valence-corrected chi connectivity index (χ2v) is 5.32. The van der Waals surface area contributed by atoms with Crippen molar-refractivity contribution in [1.29, 1.82) is 0 Å². The Morgan fingerprint density at radius 2 is 2.05 bits per heavy atom. The van der Waals surface area contributed by atoms with Crippen molar-refractivity contribution in [3.63, 3.8) is 0 Å². The van der Waals surface area contributed by atoms with Gasteiger partial charge in [-0.3, -0.25) is 0 Å². The van der Waals surface area contributed by atoms with E-state index in [1.54, 1.807) is 6.07 Å². The molecule has 0 aliphatic heterocycles. The second-order valence-electron chi connectivity index (χ2n) is 4.00. The molecule has 0 unspecified atom stereocenters. The van der Waals surface area contributed by atoms with Crippen LogP contribution in [-0.2, 0) is 0 Å². The average Bonchev–Trinajstić information content (AvgIpc) is 2.75. The van der Waals surface area contributed by atoms with Gasteiger partial charge in [-0.15, -0.1) is 0 Å².